The molecule has 4 rings (SSSR count). The molecule has 0 aromatic heterocycles. The third kappa shape index (κ3) is 4.90. The fourth-order valence-electron chi connectivity index (χ4n) is 3.79. The summed E-state index contributed by atoms with van der Waals surface area (Å²) in [5.74, 6) is 0.829. The van der Waals surface area contributed by atoms with Crippen molar-refractivity contribution in [3.63, 3.8) is 0 Å². The smallest absolute Gasteiger partial charge is 0.193 e. The first kappa shape index (κ1) is 23.7. The van der Waals surface area contributed by atoms with E-state index < -0.39 is 6.04 Å². The van der Waals surface area contributed by atoms with Crippen molar-refractivity contribution in [3.8, 4) is 17.6 Å². The van der Waals surface area contributed by atoms with Gasteiger partial charge in [0.2, 0.25) is 0 Å². The van der Waals surface area contributed by atoms with Gasteiger partial charge in [-0.25, -0.2) is 0 Å². The van der Waals surface area contributed by atoms with Crippen LogP contribution >= 0.6 is 34.8 Å². The molecule has 3 aromatic carbocycles. The Hall–Kier alpha value is -3.42. The monoisotopic (exact) mass is 581 g/mol. The first-order valence-corrected chi connectivity index (χ1v) is 11.9. The van der Waals surface area contributed by atoms with Crippen molar-refractivity contribution in [2.45, 2.75) is 6.04 Å². The van der Waals surface area contributed by atoms with Gasteiger partial charge >= 0.3 is 0 Å². The molecular formula is C26H20IN3O3S. The average Bonchev–Trinajstić information content (AvgIpc) is 2.87. The number of thiocarbonyl (C=S) groups is 1. The largest absolute Gasteiger partial charge is 0.493 e. The molecule has 3 aromatic rings. The van der Waals surface area contributed by atoms with Crippen LogP contribution in [-0.2, 0) is 0 Å². The Morgan fingerprint density at radius 1 is 1.12 bits per heavy atom. The maximum Gasteiger partial charge on any atom is 0.193 e. The average molecular weight is 581 g/mol. The summed E-state index contributed by atoms with van der Waals surface area (Å²) in [5, 5.41) is 15.8. The van der Waals surface area contributed by atoms with Gasteiger partial charge in [-0.3, -0.25) is 4.79 Å². The van der Waals surface area contributed by atoms with E-state index in [0.29, 0.717) is 33.4 Å². The van der Waals surface area contributed by atoms with E-state index in [1.807, 2.05) is 60.7 Å². The second-order valence-electron chi connectivity index (χ2n) is 7.36. The Balaban J connectivity index is 1.91. The molecule has 1 aliphatic heterocycles. The van der Waals surface area contributed by atoms with E-state index in [9.17, 15) is 4.79 Å². The van der Waals surface area contributed by atoms with Crippen LogP contribution in [0, 0.1) is 14.9 Å². The number of Topliss-reactive ketones (excluding diaryl/α,β-unsaturated/α-hetero) is 1. The number of hydrogen-bond donors (Lipinski definition) is 2. The number of ether oxygens (including phenoxy) is 2. The molecule has 0 bridgehead atoms. The molecule has 2 N–H and O–H groups in total. The molecule has 8 heteroatoms. The van der Waals surface area contributed by atoms with Gasteiger partial charge in [-0.15, -0.1) is 0 Å². The Labute approximate surface area is 216 Å². The molecule has 6 nitrogen and oxygen atoms in total. The molecule has 34 heavy (non-hydrogen) atoms. The number of carbonyl (C=O) groups excluding carboxylic acids is 1. The SMILES string of the molecule is COc1cc([C@@H]2NC(=S)NC(c3ccccc3)=C2C(=O)c2ccccc2)cc(I)c1OCC#N. The highest BCUT2D eigenvalue weighted by molar-refractivity contribution is 14.1. The minimum Gasteiger partial charge on any atom is -0.493 e. The van der Waals surface area contributed by atoms with Gasteiger partial charge in [0, 0.05) is 5.56 Å². The van der Waals surface area contributed by atoms with Crippen LogP contribution < -0.4 is 20.1 Å². The van der Waals surface area contributed by atoms with E-state index in [0.717, 1.165) is 14.7 Å². The van der Waals surface area contributed by atoms with Gasteiger partial charge in [0.15, 0.2) is 29.0 Å². The van der Waals surface area contributed by atoms with E-state index >= 15 is 0 Å². The summed E-state index contributed by atoms with van der Waals surface area (Å²) in [5.41, 5.74) is 3.40. The molecule has 0 amide bonds. The van der Waals surface area contributed by atoms with Crippen molar-refractivity contribution in [2.75, 3.05) is 13.7 Å². The number of benzene rings is 3. The number of carbonyl (C=O) groups is 1. The molecule has 0 unspecified atom stereocenters. The van der Waals surface area contributed by atoms with E-state index in [1.54, 1.807) is 18.2 Å². The lowest BCUT2D eigenvalue weighted by atomic mass is 9.87. The lowest BCUT2D eigenvalue weighted by molar-refractivity contribution is 0.102. The summed E-state index contributed by atoms with van der Waals surface area (Å²) >= 11 is 7.67. The number of nitrogens with one attached hydrogen (secondary N) is 2. The fourth-order valence-corrected chi connectivity index (χ4v) is 4.79. The van der Waals surface area contributed by atoms with Gasteiger partial charge in [-0.2, -0.15) is 5.26 Å². The van der Waals surface area contributed by atoms with Gasteiger partial charge in [-0.05, 0) is 58.1 Å². The van der Waals surface area contributed by atoms with Crippen LogP contribution in [-0.4, -0.2) is 24.6 Å². The zero-order valence-corrected chi connectivity index (χ0v) is 21.1. The van der Waals surface area contributed by atoms with Crippen LogP contribution in [0.2, 0.25) is 0 Å². The Morgan fingerprint density at radius 3 is 2.44 bits per heavy atom. The molecule has 170 valence electrons. The van der Waals surface area contributed by atoms with Crippen molar-refractivity contribution >= 4 is 51.4 Å². The Kier molecular flexibility index (Phi) is 7.45. The third-order valence-corrected chi connectivity index (χ3v) is 6.30. The van der Waals surface area contributed by atoms with Gasteiger partial charge in [0.25, 0.3) is 0 Å². The van der Waals surface area contributed by atoms with Gasteiger partial charge in [-0.1, -0.05) is 60.7 Å². The van der Waals surface area contributed by atoms with Crippen molar-refractivity contribution in [1.82, 2.24) is 10.6 Å². The first-order valence-electron chi connectivity index (χ1n) is 10.4. The zero-order valence-electron chi connectivity index (χ0n) is 18.2. The summed E-state index contributed by atoms with van der Waals surface area (Å²) in [6.07, 6.45) is 0. The van der Waals surface area contributed by atoms with Gasteiger partial charge in [0.1, 0.15) is 6.07 Å². The summed E-state index contributed by atoms with van der Waals surface area (Å²) in [7, 11) is 1.54. The molecule has 0 saturated carbocycles. The molecular weight excluding hydrogens is 561 g/mol. The highest BCUT2D eigenvalue weighted by Gasteiger charge is 2.33. The van der Waals surface area contributed by atoms with Crippen LogP contribution in [0.25, 0.3) is 5.70 Å². The van der Waals surface area contributed by atoms with E-state index in [2.05, 4.69) is 33.2 Å². The van der Waals surface area contributed by atoms with E-state index in [1.165, 1.54) is 7.11 Å². The maximum absolute atomic E-state index is 13.8. The second-order valence-corrected chi connectivity index (χ2v) is 8.93. The number of hydrogen-bond acceptors (Lipinski definition) is 5. The van der Waals surface area contributed by atoms with Gasteiger partial charge < -0.3 is 20.1 Å². The van der Waals surface area contributed by atoms with Crippen molar-refractivity contribution < 1.29 is 14.3 Å². The molecule has 1 aliphatic rings. The van der Waals surface area contributed by atoms with Crippen LogP contribution in [0.4, 0.5) is 0 Å². The maximum atomic E-state index is 13.8. The lowest BCUT2D eigenvalue weighted by Gasteiger charge is -2.32. The molecule has 1 atom stereocenters. The summed E-state index contributed by atoms with van der Waals surface area (Å²) in [6.45, 7) is -0.100. The molecule has 0 saturated heterocycles. The zero-order chi connectivity index (χ0) is 24.1. The minimum absolute atomic E-state index is 0.100. The normalized spacial score (nSPS) is 15.1. The summed E-state index contributed by atoms with van der Waals surface area (Å²) in [6, 6.07) is 23.9. The number of ketones is 1. The number of halogens is 1. The van der Waals surface area contributed by atoms with Crippen LogP contribution in [0.3, 0.4) is 0 Å². The van der Waals surface area contributed by atoms with Crippen LogP contribution in [0.15, 0.2) is 78.4 Å². The Bertz CT molecular complexity index is 1300. The predicted octanol–water partition coefficient (Wildman–Crippen LogP) is 5.02. The molecule has 0 radical (unpaired) electrons. The lowest BCUT2D eigenvalue weighted by Crippen LogP contribution is -2.45. The van der Waals surface area contributed by atoms with Crippen molar-refractivity contribution in [3.05, 3.63) is 98.6 Å². The molecule has 0 spiro atoms. The topological polar surface area (TPSA) is 83.4 Å². The summed E-state index contributed by atoms with van der Waals surface area (Å²) < 4.78 is 11.9. The molecule has 0 fully saturated rings. The Morgan fingerprint density at radius 2 is 1.79 bits per heavy atom. The van der Waals surface area contributed by atoms with E-state index in [4.69, 9.17) is 27.0 Å². The van der Waals surface area contributed by atoms with Crippen molar-refractivity contribution in [1.29, 1.82) is 5.26 Å². The quantitative estimate of drug-likeness (QED) is 0.231. The highest BCUT2D eigenvalue weighted by atomic mass is 127. The van der Waals surface area contributed by atoms with Crippen LogP contribution in [0.1, 0.15) is 27.5 Å². The number of nitrogens with zero attached hydrogens (tertiary/aromatic N) is 1. The third-order valence-electron chi connectivity index (χ3n) is 5.28. The van der Waals surface area contributed by atoms with E-state index in [-0.39, 0.29) is 12.4 Å². The highest BCUT2D eigenvalue weighted by Crippen LogP contribution is 2.40. The minimum atomic E-state index is -0.538. The van der Waals surface area contributed by atoms with Crippen molar-refractivity contribution in [2.24, 2.45) is 0 Å². The first-order chi connectivity index (χ1) is 16.5. The second kappa shape index (κ2) is 10.7. The number of nitriles is 1. The molecule has 0 aliphatic carbocycles. The number of rotatable bonds is 7. The molecule has 1 heterocycles. The fraction of sp³-hybridized carbons (Fsp3) is 0.115. The summed E-state index contributed by atoms with van der Waals surface area (Å²) in [4.78, 5) is 13.8. The van der Waals surface area contributed by atoms with Crippen LogP contribution in [0.5, 0.6) is 11.5 Å². The van der Waals surface area contributed by atoms with Gasteiger partial charge in [0.05, 0.1) is 28.0 Å². The predicted molar refractivity (Wildman–Crippen MR) is 143 cm³/mol. The standard InChI is InChI=1S/C26H20IN3O3S/c1-32-20-15-18(14-19(27)25(20)33-13-12-28)23-21(24(31)17-10-6-3-7-11-17)22(29-26(34)30-23)16-8-4-2-5-9-16/h2-11,14-15,23H,13H2,1H3,(H2,29,30,34)/t23-/m0/s1. The number of methoxy groups -OCH3 is 1.